The third kappa shape index (κ3) is 4.03. The zero-order valence-electron chi connectivity index (χ0n) is 18.2. The van der Waals surface area contributed by atoms with E-state index in [4.69, 9.17) is 0 Å². The predicted octanol–water partition coefficient (Wildman–Crippen LogP) is 4.90. The minimum atomic E-state index is -3.88. The molecule has 1 aliphatic rings. The SMILES string of the molecule is Cc1ccc(S(=O)(=O)N2Cc3ccccc3C[C@@H]2C(=O)Nc2cccc3ccccc23)cc1. The van der Waals surface area contributed by atoms with E-state index in [-0.39, 0.29) is 17.3 Å². The van der Waals surface area contributed by atoms with Gasteiger partial charge >= 0.3 is 0 Å². The van der Waals surface area contributed by atoms with Gasteiger partial charge in [0.05, 0.1) is 4.90 Å². The molecule has 0 radical (unpaired) electrons. The molecule has 0 saturated carbocycles. The molecular formula is C27H24N2O3S. The van der Waals surface area contributed by atoms with Gasteiger partial charge in [-0.1, -0.05) is 78.4 Å². The average molecular weight is 457 g/mol. The Morgan fingerprint density at radius 2 is 1.52 bits per heavy atom. The molecule has 1 aliphatic heterocycles. The van der Waals surface area contributed by atoms with Crippen molar-refractivity contribution >= 4 is 32.4 Å². The molecule has 0 aromatic heterocycles. The van der Waals surface area contributed by atoms with Crippen molar-refractivity contribution in [3.05, 3.63) is 108 Å². The van der Waals surface area contributed by atoms with E-state index >= 15 is 0 Å². The molecule has 1 amide bonds. The summed E-state index contributed by atoms with van der Waals surface area (Å²) in [4.78, 5) is 13.7. The molecule has 0 aliphatic carbocycles. The highest BCUT2D eigenvalue weighted by Crippen LogP contribution is 2.31. The van der Waals surface area contributed by atoms with Gasteiger partial charge in [-0.2, -0.15) is 4.31 Å². The summed E-state index contributed by atoms with van der Waals surface area (Å²) in [6.07, 6.45) is 0.317. The molecule has 166 valence electrons. The third-order valence-corrected chi connectivity index (χ3v) is 8.05. The van der Waals surface area contributed by atoms with Crippen LogP contribution in [-0.2, 0) is 27.8 Å². The van der Waals surface area contributed by atoms with Gasteiger partial charge in [-0.3, -0.25) is 4.79 Å². The molecule has 0 saturated heterocycles. The molecule has 6 heteroatoms. The number of hydrogen-bond acceptors (Lipinski definition) is 3. The molecule has 1 heterocycles. The van der Waals surface area contributed by atoms with Crippen molar-refractivity contribution in [2.24, 2.45) is 0 Å². The van der Waals surface area contributed by atoms with E-state index in [1.807, 2.05) is 73.7 Å². The first-order valence-corrected chi connectivity index (χ1v) is 12.3. The van der Waals surface area contributed by atoms with Crippen LogP contribution in [-0.4, -0.2) is 24.7 Å². The van der Waals surface area contributed by atoms with Crippen LogP contribution in [0.3, 0.4) is 0 Å². The van der Waals surface area contributed by atoms with E-state index < -0.39 is 16.1 Å². The number of fused-ring (bicyclic) bond motifs is 2. The van der Waals surface area contributed by atoms with Gasteiger partial charge in [0.2, 0.25) is 15.9 Å². The normalized spacial score (nSPS) is 16.3. The summed E-state index contributed by atoms with van der Waals surface area (Å²) in [7, 11) is -3.88. The molecule has 1 N–H and O–H groups in total. The fourth-order valence-corrected chi connectivity index (χ4v) is 5.94. The summed E-state index contributed by atoms with van der Waals surface area (Å²) in [5.74, 6) is -0.337. The maximum atomic E-state index is 13.6. The van der Waals surface area contributed by atoms with Crippen molar-refractivity contribution in [3.8, 4) is 0 Å². The van der Waals surface area contributed by atoms with Crippen LogP contribution in [0.4, 0.5) is 5.69 Å². The number of nitrogens with zero attached hydrogens (tertiary/aromatic N) is 1. The maximum absolute atomic E-state index is 13.6. The molecule has 33 heavy (non-hydrogen) atoms. The molecule has 1 atom stereocenters. The van der Waals surface area contributed by atoms with Crippen molar-refractivity contribution in [2.75, 3.05) is 5.32 Å². The Labute approximate surface area is 193 Å². The Morgan fingerprint density at radius 1 is 0.848 bits per heavy atom. The quantitative estimate of drug-likeness (QED) is 0.475. The molecular weight excluding hydrogens is 432 g/mol. The van der Waals surface area contributed by atoms with E-state index in [0.717, 1.165) is 27.5 Å². The summed E-state index contributed by atoms with van der Waals surface area (Å²) in [6.45, 7) is 2.06. The fraction of sp³-hybridized carbons (Fsp3) is 0.148. The van der Waals surface area contributed by atoms with E-state index in [1.165, 1.54) is 4.31 Å². The van der Waals surface area contributed by atoms with Gasteiger partial charge < -0.3 is 5.32 Å². The van der Waals surface area contributed by atoms with Crippen LogP contribution < -0.4 is 5.32 Å². The first-order chi connectivity index (χ1) is 15.9. The number of anilines is 1. The number of carbonyl (C=O) groups is 1. The highest BCUT2D eigenvalue weighted by Gasteiger charge is 2.39. The molecule has 0 fully saturated rings. The second kappa shape index (κ2) is 8.46. The number of hydrogen-bond donors (Lipinski definition) is 1. The van der Waals surface area contributed by atoms with Crippen LogP contribution in [0, 0.1) is 6.92 Å². The average Bonchev–Trinajstić information content (AvgIpc) is 2.83. The standard InChI is InChI=1S/C27H24N2O3S/c1-19-13-15-23(16-14-19)33(31,32)29-18-22-9-3-2-8-21(22)17-26(29)27(30)28-25-12-6-10-20-7-4-5-11-24(20)25/h2-16,26H,17-18H2,1H3,(H,28,30)/t26-/m1/s1. The van der Waals surface area contributed by atoms with E-state index in [2.05, 4.69) is 5.32 Å². The second-order valence-electron chi connectivity index (χ2n) is 8.37. The second-order valence-corrected chi connectivity index (χ2v) is 10.3. The van der Waals surface area contributed by atoms with Gasteiger partial charge in [-0.25, -0.2) is 8.42 Å². The molecule has 4 aromatic carbocycles. The first-order valence-electron chi connectivity index (χ1n) is 10.9. The van der Waals surface area contributed by atoms with Crippen LogP contribution in [0.15, 0.2) is 95.9 Å². The number of nitrogens with one attached hydrogen (secondary N) is 1. The molecule has 0 spiro atoms. The third-order valence-electron chi connectivity index (χ3n) is 6.18. The van der Waals surface area contributed by atoms with Crippen molar-refractivity contribution in [1.82, 2.24) is 4.31 Å². The lowest BCUT2D eigenvalue weighted by atomic mass is 9.95. The van der Waals surface area contributed by atoms with Gasteiger partial charge in [-0.05, 0) is 48.1 Å². The Bertz CT molecular complexity index is 1440. The Balaban J connectivity index is 1.54. The van der Waals surface area contributed by atoms with Gasteiger partial charge in [0.1, 0.15) is 6.04 Å². The number of sulfonamides is 1. The molecule has 5 nitrogen and oxygen atoms in total. The van der Waals surface area contributed by atoms with Crippen LogP contribution in [0.2, 0.25) is 0 Å². The monoisotopic (exact) mass is 456 g/mol. The van der Waals surface area contributed by atoms with Crippen LogP contribution in [0.5, 0.6) is 0 Å². The summed E-state index contributed by atoms with van der Waals surface area (Å²) >= 11 is 0. The zero-order valence-corrected chi connectivity index (χ0v) is 19.0. The topological polar surface area (TPSA) is 66.5 Å². The summed E-state index contributed by atoms with van der Waals surface area (Å²) < 4.78 is 28.6. The lowest BCUT2D eigenvalue weighted by Crippen LogP contribution is -2.50. The lowest BCUT2D eigenvalue weighted by Gasteiger charge is -2.35. The highest BCUT2D eigenvalue weighted by atomic mass is 32.2. The van der Waals surface area contributed by atoms with Gasteiger partial charge in [0.15, 0.2) is 0 Å². The first kappa shape index (κ1) is 21.4. The molecule has 0 bridgehead atoms. The van der Waals surface area contributed by atoms with Gasteiger partial charge in [-0.15, -0.1) is 0 Å². The predicted molar refractivity (Wildman–Crippen MR) is 130 cm³/mol. The summed E-state index contributed by atoms with van der Waals surface area (Å²) in [5, 5.41) is 4.93. The van der Waals surface area contributed by atoms with Crippen molar-refractivity contribution in [1.29, 1.82) is 0 Å². The fourth-order valence-electron chi connectivity index (χ4n) is 4.37. The van der Waals surface area contributed by atoms with E-state index in [9.17, 15) is 13.2 Å². The van der Waals surface area contributed by atoms with Crippen molar-refractivity contribution in [2.45, 2.75) is 30.8 Å². The van der Waals surface area contributed by atoms with Gasteiger partial charge in [0, 0.05) is 17.6 Å². The minimum Gasteiger partial charge on any atom is -0.324 e. The maximum Gasteiger partial charge on any atom is 0.244 e. The molecule has 5 rings (SSSR count). The Hall–Kier alpha value is -3.48. The van der Waals surface area contributed by atoms with Crippen LogP contribution in [0.25, 0.3) is 10.8 Å². The van der Waals surface area contributed by atoms with Crippen molar-refractivity contribution < 1.29 is 13.2 Å². The smallest absolute Gasteiger partial charge is 0.244 e. The molecule has 4 aromatic rings. The summed E-state index contributed by atoms with van der Waals surface area (Å²) in [5.41, 5.74) is 3.56. The number of rotatable bonds is 4. The zero-order chi connectivity index (χ0) is 23.0. The number of aryl methyl sites for hydroxylation is 1. The lowest BCUT2D eigenvalue weighted by molar-refractivity contribution is -0.120. The molecule has 0 unspecified atom stereocenters. The minimum absolute atomic E-state index is 0.153. The Kier molecular flexibility index (Phi) is 5.48. The Morgan fingerprint density at radius 3 is 2.30 bits per heavy atom. The van der Waals surface area contributed by atoms with Crippen LogP contribution >= 0.6 is 0 Å². The summed E-state index contributed by atoms with van der Waals surface area (Å²) in [6, 6.07) is 27.1. The van der Waals surface area contributed by atoms with Gasteiger partial charge in [0.25, 0.3) is 0 Å². The van der Waals surface area contributed by atoms with Crippen molar-refractivity contribution in [3.63, 3.8) is 0 Å². The van der Waals surface area contributed by atoms with E-state index in [0.29, 0.717) is 12.1 Å². The van der Waals surface area contributed by atoms with Crippen LogP contribution in [0.1, 0.15) is 16.7 Å². The highest BCUT2D eigenvalue weighted by molar-refractivity contribution is 7.89. The number of amides is 1. The number of benzene rings is 4. The van der Waals surface area contributed by atoms with E-state index in [1.54, 1.807) is 24.3 Å². The largest absolute Gasteiger partial charge is 0.324 e. The number of carbonyl (C=O) groups excluding carboxylic acids is 1.